The molecule has 22 heavy (non-hydrogen) atoms. The molecule has 1 aromatic carbocycles. The van der Waals surface area contributed by atoms with Gasteiger partial charge in [-0.3, -0.25) is 4.79 Å². The zero-order chi connectivity index (χ0) is 15.1. The fourth-order valence-electron chi connectivity index (χ4n) is 2.56. The minimum atomic E-state index is 0. The Labute approximate surface area is 138 Å². The van der Waals surface area contributed by atoms with Crippen LogP contribution in [0.15, 0.2) is 18.2 Å². The van der Waals surface area contributed by atoms with Crippen molar-refractivity contribution in [2.24, 2.45) is 0 Å². The van der Waals surface area contributed by atoms with Crippen LogP contribution in [-0.4, -0.2) is 44.7 Å². The van der Waals surface area contributed by atoms with Crippen molar-refractivity contribution in [2.75, 3.05) is 33.9 Å². The molecule has 0 spiro atoms. The van der Waals surface area contributed by atoms with Crippen LogP contribution in [0.4, 0.5) is 0 Å². The number of ether oxygens (including phenoxy) is 2. The van der Waals surface area contributed by atoms with Gasteiger partial charge in [-0.1, -0.05) is 6.07 Å². The Morgan fingerprint density at radius 3 is 2.64 bits per heavy atom. The lowest BCUT2D eigenvalue weighted by Crippen LogP contribution is -2.28. The molecule has 2 rings (SSSR count). The second-order valence-corrected chi connectivity index (χ2v) is 5.20. The summed E-state index contributed by atoms with van der Waals surface area (Å²) in [6.45, 7) is 3.47. The summed E-state index contributed by atoms with van der Waals surface area (Å²) < 4.78 is 10.5. The van der Waals surface area contributed by atoms with Crippen molar-refractivity contribution in [2.45, 2.75) is 25.8 Å². The normalized spacial score (nSPS) is 13.9. The first-order valence-corrected chi connectivity index (χ1v) is 7.44. The van der Waals surface area contributed by atoms with Crippen LogP contribution < -0.4 is 14.8 Å². The Morgan fingerprint density at radius 2 is 2.00 bits per heavy atom. The summed E-state index contributed by atoms with van der Waals surface area (Å²) in [5, 5.41) is 3.39. The van der Waals surface area contributed by atoms with Crippen molar-refractivity contribution < 1.29 is 14.3 Å². The predicted octanol–water partition coefficient (Wildman–Crippen LogP) is 2.23. The van der Waals surface area contributed by atoms with Crippen LogP contribution in [0, 0.1) is 0 Å². The Balaban J connectivity index is 0.00000242. The van der Waals surface area contributed by atoms with Gasteiger partial charge in [-0.05, 0) is 37.1 Å². The number of carbonyl (C=O) groups is 1. The third-order valence-electron chi connectivity index (χ3n) is 3.73. The number of nitrogens with zero attached hydrogens (tertiary/aromatic N) is 1. The van der Waals surface area contributed by atoms with Crippen molar-refractivity contribution in [3.8, 4) is 11.5 Å². The van der Waals surface area contributed by atoms with E-state index in [0.29, 0.717) is 5.91 Å². The van der Waals surface area contributed by atoms with E-state index in [1.807, 2.05) is 23.1 Å². The van der Waals surface area contributed by atoms with Gasteiger partial charge >= 0.3 is 0 Å². The number of nitrogens with one attached hydrogen (secondary N) is 1. The van der Waals surface area contributed by atoms with E-state index < -0.39 is 0 Å². The number of amides is 1. The van der Waals surface area contributed by atoms with Crippen molar-refractivity contribution in [3.05, 3.63) is 23.8 Å². The molecule has 0 bridgehead atoms. The van der Waals surface area contributed by atoms with Gasteiger partial charge in [0, 0.05) is 26.1 Å². The average Bonchev–Trinajstić information content (AvgIpc) is 2.92. The summed E-state index contributed by atoms with van der Waals surface area (Å²) in [5.74, 6) is 1.79. The molecule has 0 unspecified atom stereocenters. The number of hydrogen-bond acceptors (Lipinski definition) is 4. The minimum absolute atomic E-state index is 0. The number of likely N-dealkylation sites (tertiary alicyclic amines) is 1. The van der Waals surface area contributed by atoms with Gasteiger partial charge in [0.05, 0.1) is 14.2 Å². The third kappa shape index (κ3) is 5.07. The van der Waals surface area contributed by atoms with E-state index in [9.17, 15) is 4.79 Å². The summed E-state index contributed by atoms with van der Waals surface area (Å²) in [6.07, 6.45) is 2.72. The summed E-state index contributed by atoms with van der Waals surface area (Å²) in [4.78, 5) is 13.4. The second-order valence-electron chi connectivity index (χ2n) is 5.20. The lowest BCUT2D eigenvalue weighted by molar-refractivity contribution is -0.127. The molecule has 1 N–H and O–H groups in total. The molecule has 0 atom stereocenters. The summed E-state index contributed by atoms with van der Waals surface area (Å²) in [6, 6.07) is 5.92. The first-order valence-electron chi connectivity index (χ1n) is 7.44. The van der Waals surface area contributed by atoms with Crippen LogP contribution in [0.3, 0.4) is 0 Å². The molecular weight excluding hydrogens is 304 g/mol. The molecule has 1 aromatic rings. The lowest BCUT2D eigenvalue weighted by Gasteiger charge is -2.15. The van der Waals surface area contributed by atoms with E-state index in [4.69, 9.17) is 9.47 Å². The number of methoxy groups -OCH3 is 2. The third-order valence-corrected chi connectivity index (χ3v) is 3.73. The lowest BCUT2D eigenvalue weighted by atomic mass is 10.2. The van der Waals surface area contributed by atoms with E-state index in [0.717, 1.165) is 62.5 Å². The predicted molar refractivity (Wildman–Crippen MR) is 88.9 cm³/mol. The molecule has 1 heterocycles. The number of hydrogen-bond donors (Lipinski definition) is 1. The largest absolute Gasteiger partial charge is 0.493 e. The average molecular weight is 329 g/mol. The number of benzene rings is 1. The van der Waals surface area contributed by atoms with Gasteiger partial charge in [0.15, 0.2) is 11.5 Å². The molecule has 0 aliphatic carbocycles. The summed E-state index contributed by atoms with van der Waals surface area (Å²) in [7, 11) is 3.28. The fraction of sp³-hybridized carbons (Fsp3) is 0.562. The van der Waals surface area contributed by atoms with Gasteiger partial charge in [0.1, 0.15) is 0 Å². The topological polar surface area (TPSA) is 50.8 Å². The Hall–Kier alpha value is -1.46. The van der Waals surface area contributed by atoms with Crippen LogP contribution in [-0.2, 0) is 11.3 Å². The van der Waals surface area contributed by atoms with Crippen molar-refractivity contribution in [1.29, 1.82) is 0 Å². The fourth-order valence-corrected chi connectivity index (χ4v) is 2.56. The van der Waals surface area contributed by atoms with Crippen LogP contribution in [0.5, 0.6) is 11.5 Å². The van der Waals surface area contributed by atoms with Gasteiger partial charge in [-0.15, -0.1) is 12.4 Å². The maximum atomic E-state index is 11.5. The summed E-state index contributed by atoms with van der Waals surface area (Å²) >= 11 is 0. The molecule has 1 amide bonds. The second kappa shape index (κ2) is 9.54. The maximum absolute atomic E-state index is 11.5. The van der Waals surface area contributed by atoms with Gasteiger partial charge in [-0.25, -0.2) is 0 Å². The van der Waals surface area contributed by atoms with E-state index >= 15 is 0 Å². The number of halogens is 1. The Kier molecular flexibility index (Phi) is 8.06. The van der Waals surface area contributed by atoms with Gasteiger partial charge < -0.3 is 19.7 Å². The monoisotopic (exact) mass is 328 g/mol. The van der Waals surface area contributed by atoms with E-state index in [1.54, 1.807) is 14.2 Å². The molecule has 124 valence electrons. The van der Waals surface area contributed by atoms with Crippen molar-refractivity contribution in [3.63, 3.8) is 0 Å². The molecule has 6 heteroatoms. The van der Waals surface area contributed by atoms with Crippen LogP contribution in [0.25, 0.3) is 0 Å². The zero-order valence-electron chi connectivity index (χ0n) is 13.3. The first-order chi connectivity index (χ1) is 10.2. The van der Waals surface area contributed by atoms with Crippen LogP contribution in [0.1, 0.15) is 24.8 Å². The van der Waals surface area contributed by atoms with E-state index in [1.165, 1.54) is 0 Å². The van der Waals surface area contributed by atoms with Crippen molar-refractivity contribution in [1.82, 2.24) is 10.2 Å². The molecule has 1 fully saturated rings. The highest BCUT2D eigenvalue weighted by atomic mass is 35.5. The van der Waals surface area contributed by atoms with E-state index in [-0.39, 0.29) is 12.4 Å². The maximum Gasteiger partial charge on any atom is 0.222 e. The molecule has 0 aromatic heterocycles. The standard InChI is InChI=1S/C16H24N2O3.ClH/c1-20-14-7-6-13(11-15(14)21-2)12-17-8-4-10-18-9-3-5-16(18)19;/h6-7,11,17H,3-5,8-10,12H2,1-2H3;1H. The number of carbonyl (C=O) groups excluding carboxylic acids is 1. The molecule has 0 saturated carbocycles. The molecule has 5 nitrogen and oxygen atoms in total. The molecule has 0 radical (unpaired) electrons. The van der Waals surface area contributed by atoms with Crippen LogP contribution in [0.2, 0.25) is 0 Å². The zero-order valence-corrected chi connectivity index (χ0v) is 14.1. The van der Waals surface area contributed by atoms with Crippen molar-refractivity contribution >= 4 is 18.3 Å². The Morgan fingerprint density at radius 1 is 1.23 bits per heavy atom. The molecular formula is C16H25ClN2O3. The van der Waals surface area contributed by atoms with Crippen LogP contribution >= 0.6 is 12.4 Å². The molecule has 1 aliphatic rings. The quantitative estimate of drug-likeness (QED) is 0.743. The van der Waals surface area contributed by atoms with Gasteiger partial charge in [0.2, 0.25) is 5.91 Å². The van der Waals surface area contributed by atoms with E-state index in [2.05, 4.69) is 5.32 Å². The number of rotatable bonds is 8. The Bertz CT molecular complexity index is 482. The molecule has 1 aliphatic heterocycles. The highest BCUT2D eigenvalue weighted by molar-refractivity contribution is 5.85. The smallest absolute Gasteiger partial charge is 0.222 e. The first kappa shape index (κ1) is 18.6. The summed E-state index contributed by atoms with van der Waals surface area (Å²) in [5.41, 5.74) is 1.16. The minimum Gasteiger partial charge on any atom is -0.493 e. The van der Waals surface area contributed by atoms with Gasteiger partial charge in [-0.2, -0.15) is 0 Å². The molecule has 1 saturated heterocycles. The highest BCUT2D eigenvalue weighted by Crippen LogP contribution is 2.27. The highest BCUT2D eigenvalue weighted by Gasteiger charge is 2.18. The van der Waals surface area contributed by atoms with Gasteiger partial charge in [0.25, 0.3) is 0 Å². The SMILES string of the molecule is COc1ccc(CNCCCN2CCCC2=O)cc1OC.Cl.